The molecule has 0 bridgehead atoms. The van der Waals surface area contributed by atoms with E-state index in [2.05, 4.69) is 38.6 Å². The van der Waals surface area contributed by atoms with Crippen LogP contribution in [0.3, 0.4) is 0 Å². The largest absolute Gasteiger partial charge is 0.309 e. The normalized spacial score (nSPS) is 11.2. The number of aryl methyl sites for hydroxylation is 2. The number of hydrazine groups is 1. The Bertz CT molecular complexity index is 792. The van der Waals surface area contributed by atoms with E-state index in [9.17, 15) is 0 Å². The SMILES string of the molecule is CCc1cc2c(Sc3nnc(C)n3C)nc(NN)nc2s1. The van der Waals surface area contributed by atoms with Gasteiger partial charge in [-0.1, -0.05) is 6.92 Å². The Labute approximate surface area is 130 Å². The van der Waals surface area contributed by atoms with Crippen LogP contribution in [0, 0.1) is 6.92 Å². The van der Waals surface area contributed by atoms with Crippen molar-refractivity contribution in [1.29, 1.82) is 0 Å². The first kappa shape index (κ1) is 14.2. The van der Waals surface area contributed by atoms with Crippen LogP contribution in [0.25, 0.3) is 10.2 Å². The Hall–Kier alpha value is -1.71. The summed E-state index contributed by atoms with van der Waals surface area (Å²) in [6.07, 6.45) is 0.972. The van der Waals surface area contributed by atoms with Gasteiger partial charge in [-0.15, -0.1) is 21.5 Å². The molecule has 0 unspecified atom stereocenters. The van der Waals surface area contributed by atoms with Gasteiger partial charge in [0.2, 0.25) is 5.95 Å². The zero-order valence-corrected chi connectivity index (χ0v) is 13.5. The van der Waals surface area contributed by atoms with E-state index in [4.69, 9.17) is 5.84 Å². The van der Waals surface area contributed by atoms with Gasteiger partial charge in [0.15, 0.2) is 5.16 Å². The third-order valence-corrected chi connectivity index (χ3v) is 5.34. The van der Waals surface area contributed by atoms with Crippen molar-refractivity contribution >= 4 is 39.3 Å². The van der Waals surface area contributed by atoms with E-state index in [0.717, 1.165) is 32.6 Å². The summed E-state index contributed by atoms with van der Waals surface area (Å²) in [6, 6.07) is 2.13. The molecule has 0 aliphatic heterocycles. The molecule has 0 spiro atoms. The van der Waals surface area contributed by atoms with Gasteiger partial charge in [0.1, 0.15) is 15.7 Å². The van der Waals surface area contributed by atoms with Crippen LogP contribution in [-0.2, 0) is 13.5 Å². The Balaban J connectivity index is 2.11. The predicted octanol–water partition coefficient (Wildman–Crippen LogP) is 2.13. The first-order valence-corrected chi connectivity index (χ1v) is 8.06. The van der Waals surface area contributed by atoms with Gasteiger partial charge in [-0.05, 0) is 31.2 Å². The van der Waals surface area contributed by atoms with E-state index in [1.54, 1.807) is 11.3 Å². The Morgan fingerprint density at radius 1 is 1.38 bits per heavy atom. The fourth-order valence-electron chi connectivity index (χ4n) is 1.82. The highest BCUT2D eigenvalue weighted by Crippen LogP contribution is 2.35. The minimum atomic E-state index is 0.411. The average Bonchev–Trinajstić information content (AvgIpc) is 3.05. The molecule has 0 radical (unpaired) electrons. The number of nitrogens with one attached hydrogen (secondary N) is 1. The predicted molar refractivity (Wildman–Crippen MR) is 84.5 cm³/mol. The lowest BCUT2D eigenvalue weighted by molar-refractivity contribution is 0.765. The van der Waals surface area contributed by atoms with Gasteiger partial charge in [0, 0.05) is 17.3 Å². The first-order valence-electron chi connectivity index (χ1n) is 6.43. The number of thiophene rings is 1. The molecule has 0 atom stereocenters. The molecule has 3 aromatic heterocycles. The number of hydrogen-bond donors (Lipinski definition) is 2. The van der Waals surface area contributed by atoms with Crippen molar-refractivity contribution in [3.63, 3.8) is 0 Å². The lowest BCUT2D eigenvalue weighted by Gasteiger charge is -2.04. The molecule has 7 nitrogen and oxygen atoms in total. The van der Waals surface area contributed by atoms with Crippen molar-refractivity contribution in [2.45, 2.75) is 30.5 Å². The lowest BCUT2D eigenvalue weighted by Crippen LogP contribution is -2.10. The van der Waals surface area contributed by atoms with Crippen LogP contribution >= 0.6 is 23.1 Å². The van der Waals surface area contributed by atoms with Crippen molar-refractivity contribution in [2.24, 2.45) is 12.9 Å². The van der Waals surface area contributed by atoms with E-state index < -0.39 is 0 Å². The molecular formula is C12H15N7S2. The van der Waals surface area contributed by atoms with Crippen LogP contribution < -0.4 is 11.3 Å². The molecule has 110 valence electrons. The van der Waals surface area contributed by atoms with Crippen LogP contribution in [0.4, 0.5) is 5.95 Å². The highest BCUT2D eigenvalue weighted by molar-refractivity contribution is 7.99. The summed E-state index contributed by atoms with van der Waals surface area (Å²) >= 11 is 3.13. The summed E-state index contributed by atoms with van der Waals surface area (Å²) in [5.41, 5.74) is 2.52. The smallest absolute Gasteiger partial charge is 0.239 e. The van der Waals surface area contributed by atoms with E-state index in [-0.39, 0.29) is 0 Å². The molecule has 9 heteroatoms. The summed E-state index contributed by atoms with van der Waals surface area (Å²) < 4.78 is 1.93. The molecule has 0 aliphatic rings. The molecular weight excluding hydrogens is 306 g/mol. The number of nitrogen functional groups attached to an aromatic ring is 1. The maximum absolute atomic E-state index is 5.46. The first-order chi connectivity index (χ1) is 10.1. The summed E-state index contributed by atoms with van der Waals surface area (Å²) in [5, 5.41) is 10.9. The fourth-order valence-corrected chi connectivity index (χ4v) is 3.78. The number of hydrogen-bond acceptors (Lipinski definition) is 8. The molecule has 3 N–H and O–H groups in total. The number of fused-ring (bicyclic) bond motifs is 1. The lowest BCUT2D eigenvalue weighted by atomic mass is 10.3. The summed E-state index contributed by atoms with van der Waals surface area (Å²) in [4.78, 5) is 11.1. The van der Waals surface area contributed by atoms with Crippen molar-refractivity contribution in [2.75, 3.05) is 5.43 Å². The fraction of sp³-hybridized carbons (Fsp3) is 0.333. The van der Waals surface area contributed by atoms with E-state index in [0.29, 0.717) is 5.95 Å². The van der Waals surface area contributed by atoms with Gasteiger partial charge in [-0.25, -0.2) is 15.8 Å². The monoisotopic (exact) mass is 321 g/mol. The van der Waals surface area contributed by atoms with E-state index in [1.165, 1.54) is 16.6 Å². The van der Waals surface area contributed by atoms with Crippen molar-refractivity contribution in [3.05, 3.63) is 16.8 Å². The van der Waals surface area contributed by atoms with Gasteiger partial charge in [-0.3, -0.25) is 5.43 Å². The van der Waals surface area contributed by atoms with E-state index >= 15 is 0 Å². The van der Waals surface area contributed by atoms with Crippen LogP contribution in [0.2, 0.25) is 0 Å². The van der Waals surface area contributed by atoms with Gasteiger partial charge in [-0.2, -0.15) is 0 Å². The highest BCUT2D eigenvalue weighted by atomic mass is 32.2. The molecule has 0 aliphatic carbocycles. The van der Waals surface area contributed by atoms with Gasteiger partial charge in [0.05, 0.1) is 0 Å². The van der Waals surface area contributed by atoms with Crippen molar-refractivity contribution in [1.82, 2.24) is 24.7 Å². The molecule has 0 aromatic carbocycles. The third-order valence-electron chi connectivity index (χ3n) is 3.13. The Kier molecular flexibility index (Phi) is 3.79. The topological polar surface area (TPSA) is 94.5 Å². The maximum Gasteiger partial charge on any atom is 0.239 e. The third kappa shape index (κ3) is 2.59. The van der Waals surface area contributed by atoms with Gasteiger partial charge < -0.3 is 4.57 Å². The van der Waals surface area contributed by atoms with Crippen LogP contribution in [0.15, 0.2) is 16.2 Å². The average molecular weight is 321 g/mol. The Morgan fingerprint density at radius 2 is 2.19 bits per heavy atom. The van der Waals surface area contributed by atoms with Gasteiger partial charge in [0.25, 0.3) is 0 Å². The van der Waals surface area contributed by atoms with E-state index in [1.807, 2.05) is 18.5 Å². The summed E-state index contributed by atoms with van der Waals surface area (Å²) in [6.45, 7) is 4.04. The molecule has 3 heterocycles. The molecule has 0 amide bonds. The second kappa shape index (κ2) is 5.58. The molecule has 0 saturated carbocycles. The zero-order chi connectivity index (χ0) is 15.0. The maximum atomic E-state index is 5.46. The van der Waals surface area contributed by atoms with Crippen LogP contribution in [0.5, 0.6) is 0 Å². The molecule has 0 fully saturated rings. The standard InChI is InChI=1S/C12H15N7S2/c1-4-7-5-8-9(20-7)14-11(16-13)15-10(8)21-12-18-17-6(2)19(12)3/h5H,4,13H2,1-3H3,(H,14,15,16). The zero-order valence-electron chi connectivity index (χ0n) is 11.9. The van der Waals surface area contributed by atoms with Crippen molar-refractivity contribution < 1.29 is 0 Å². The second-order valence-corrected chi connectivity index (χ2v) is 6.54. The molecule has 3 rings (SSSR count). The van der Waals surface area contributed by atoms with Crippen molar-refractivity contribution in [3.8, 4) is 0 Å². The van der Waals surface area contributed by atoms with Gasteiger partial charge >= 0.3 is 0 Å². The minimum absolute atomic E-state index is 0.411. The quantitative estimate of drug-likeness (QED) is 0.432. The number of nitrogens with zero attached hydrogens (tertiary/aromatic N) is 5. The molecule has 3 aromatic rings. The number of rotatable bonds is 4. The van der Waals surface area contributed by atoms with Crippen LogP contribution in [-0.4, -0.2) is 24.7 Å². The summed E-state index contributed by atoms with van der Waals surface area (Å²) in [7, 11) is 1.93. The highest BCUT2D eigenvalue weighted by Gasteiger charge is 2.15. The number of aromatic nitrogens is 5. The number of anilines is 1. The number of nitrogens with two attached hydrogens (primary N) is 1. The Morgan fingerprint density at radius 3 is 2.81 bits per heavy atom. The molecule has 0 saturated heterocycles. The minimum Gasteiger partial charge on any atom is -0.309 e. The second-order valence-electron chi connectivity index (χ2n) is 4.47. The summed E-state index contributed by atoms with van der Waals surface area (Å²) in [5.74, 6) is 6.73. The molecule has 21 heavy (non-hydrogen) atoms. The van der Waals surface area contributed by atoms with Crippen LogP contribution in [0.1, 0.15) is 17.6 Å².